The molecule has 0 aromatic carbocycles. The summed E-state index contributed by atoms with van der Waals surface area (Å²) in [6, 6.07) is 0.959. The fourth-order valence-corrected chi connectivity index (χ4v) is 1.45. The van der Waals surface area contributed by atoms with Crippen LogP contribution in [0.15, 0.2) is 0 Å². The van der Waals surface area contributed by atoms with Crippen molar-refractivity contribution in [3.63, 3.8) is 0 Å². The molecule has 0 radical (unpaired) electrons. The largest absolute Gasteiger partial charge is 0.383 e. The third kappa shape index (κ3) is 4.04. The standard InChI is InChI=1S/C9H20N2O2/c1-12-5-8(3-2-4-10)11-9-6-13-7-9/h8-9,11H,2-7,10H2,1H3. The van der Waals surface area contributed by atoms with Gasteiger partial charge >= 0.3 is 0 Å². The third-order valence-electron chi connectivity index (χ3n) is 2.23. The summed E-state index contributed by atoms with van der Waals surface area (Å²) in [4.78, 5) is 0. The highest BCUT2D eigenvalue weighted by Crippen LogP contribution is 2.04. The van der Waals surface area contributed by atoms with Crippen molar-refractivity contribution in [1.29, 1.82) is 0 Å². The van der Waals surface area contributed by atoms with E-state index in [4.69, 9.17) is 15.2 Å². The first kappa shape index (κ1) is 10.9. The molecular weight excluding hydrogens is 168 g/mol. The Bertz CT molecular complexity index is 129. The molecule has 0 amide bonds. The summed E-state index contributed by atoms with van der Waals surface area (Å²) in [6.07, 6.45) is 2.13. The van der Waals surface area contributed by atoms with E-state index in [2.05, 4.69) is 5.32 Å². The van der Waals surface area contributed by atoms with Crippen molar-refractivity contribution in [3.05, 3.63) is 0 Å². The summed E-state index contributed by atoms with van der Waals surface area (Å²) >= 11 is 0. The number of nitrogens with one attached hydrogen (secondary N) is 1. The molecule has 0 aliphatic carbocycles. The zero-order valence-corrected chi connectivity index (χ0v) is 8.29. The lowest BCUT2D eigenvalue weighted by atomic mass is 10.1. The monoisotopic (exact) mass is 188 g/mol. The Kier molecular flexibility index (Phi) is 5.31. The number of rotatable bonds is 7. The fourth-order valence-electron chi connectivity index (χ4n) is 1.45. The second kappa shape index (κ2) is 6.32. The van der Waals surface area contributed by atoms with E-state index >= 15 is 0 Å². The first-order valence-electron chi connectivity index (χ1n) is 4.89. The number of nitrogens with two attached hydrogens (primary N) is 1. The van der Waals surface area contributed by atoms with Gasteiger partial charge in [-0.2, -0.15) is 0 Å². The third-order valence-corrected chi connectivity index (χ3v) is 2.23. The van der Waals surface area contributed by atoms with Crippen molar-refractivity contribution in [2.24, 2.45) is 5.73 Å². The van der Waals surface area contributed by atoms with Gasteiger partial charge in [0.05, 0.1) is 25.9 Å². The normalized spacial score (nSPS) is 19.8. The van der Waals surface area contributed by atoms with E-state index in [1.54, 1.807) is 7.11 Å². The fraction of sp³-hybridized carbons (Fsp3) is 1.00. The minimum atomic E-state index is 0.433. The van der Waals surface area contributed by atoms with Crippen LogP contribution in [0.2, 0.25) is 0 Å². The van der Waals surface area contributed by atoms with E-state index < -0.39 is 0 Å². The smallest absolute Gasteiger partial charge is 0.0643 e. The van der Waals surface area contributed by atoms with Crippen LogP contribution >= 0.6 is 0 Å². The predicted molar refractivity (Wildman–Crippen MR) is 51.7 cm³/mol. The Morgan fingerprint density at radius 1 is 1.62 bits per heavy atom. The van der Waals surface area contributed by atoms with Crippen LogP contribution in [-0.4, -0.2) is 45.6 Å². The van der Waals surface area contributed by atoms with Gasteiger partial charge in [0.25, 0.3) is 0 Å². The Morgan fingerprint density at radius 2 is 2.38 bits per heavy atom. The van der Waals surface area contributed by atoms with Gasteiger partial charge in [0.2, 0.25) is 0 Å². The minimum Gasteiger partial charge on any atom is -0.383 e. The second-order valence-electron chi connectivity index (χ2n) is 3.48. The zero-order valence-electron chi connectivity index (χ0n) is 8.29. The summed E-state index contributed by atoms with van der Waals surface area (Å²) in [5, 5.41) is 3.48. The van der Waals surface area contributed by atoms with Crippen molar-refractivity contribution in [1.82, 2.24) is 5.32 Å². The molecule has 0 bridgehead atoms. The lowest BCUT2D eigenvalue weighted by Gasteiger charge is -2.31. The molecule has 0 spiro atoms. The van der Waals surface area contributed by atoms with E-state index in [1.165, 1.54) is 0 Å². The topological polar surface area (TPSA) is 56.5 Å². The highest BCUT2D eigenvalue weighted by molar-refractivity contribution is 4.78. The molecule has 0 aromatic rings. The van der Waals surface area contributed by atoms with Gasteiger partial charge in [0, 0.05) is 13.2 Å². The van der Waals surface area contributed by atoms with Gasteiger partial charge in [0.1, 0.15) is 0 Å². The molecule has 1 atom stereocenters. The van der Waals surface area contributed by atoms with Crippen LogP contribution in [0.4, 0.5) is 0 Å². The number of ether oxygens (including phenoxy) is 2. The lowest BCUT2D eigenvalue weighted by molar-refractivity contribution is -0.0151. The highest BCUT2D eigenvalue weighted by Gasteiger charge is 2.21. The first-order chi connectivity index (χ1) is 6.36. The van der Waals surface area contributed by atoms with Crippen molar-refractivity contribution in [2.75, 3.05) is 33.5 Å². The SMILES string of the molecule is COCC(CCCN)NC1COC1. The van der Waals surface area contributed by atoms with Gasteiger partial charge in [-0.25, -0.2) is 0 Å². The maximum Gasteiger partial charge on any atom is 0.0643 e. The van der Waals surface area contributed by atoms with E-state index in [0.29, 0.717) is 12.1 Å². The summed E-state index contributed by atoms with van der Waals surface area (Å²) < 4.78 is 10.2. The molecule has 1 fully saturated rings. The lowest BCUT2D eigenvalue weighted by Crippen LogP contribution is -2.51. The van der Waals surface area contributed by atoms with Crippen molar-refractivity contribution in [3.8, 4) is 0 Å². The Labute approximate surface area is 79.8 Å². The van der Waals surface area contributed by atoms with E-state index in [9.17, 15) is 0 Å². The molecule has 1 rings (SSSR count). The molecule has 1 saturated heterocycles. The van der Waals surface area contributed by atoms with E-state index in [0.717, 1.165) is 39.2 Å². The average Bonchev–Trinajstić information content (AvgIpc) is 2.07. The first-order valence-corrected chi connectivity index (χ1v) is 4.89. The van der Waals surface area contributed by atoms with Crippen LogP contribution in [0.5, 0.6) is 0 Å². The number of hydrogen-bond donors (Lipinski definition) is 2. The summed E-state index contributed by atoms with van der Waals surface area (Å²) in [6.45, 7) is 3.19. The molecular formula is C9H20N2O2. The van der Waals surface area contributed by atoms with Crippen molar-refractivity contribution < 1.29 is 9.47 Å². The van der Waals surface area contributed by atoms with Crippen LogP contribution in [-0.2, 0) is 9.47 Å². The highest BCUT2D eigenvalue weighted by atomic mass is 16.5. The van der Waals surface area contributed by atoms with Crippen LogP contribution in [0, 0.1) is 0 Å². The van der Waals surface area contributed by atoms with Gasteiger partial charge in [-0.1, -0.05) is 0 Å². The van der Waals surface area contributed by atoms with Crippen molar-refractivity contribution >= 4 is 0 Å². The zero-order chi connectivity index (χ0) is 9.52. The maximum absolute atomic E-state index is 5.46. The molecule has 4 nitrogen and oxygen atoms in total. The minimum absolute atomic E-state index is 0.433. The van der Waals surface area contributed by atoms with Gasteiger partial charge in [-0.05, 0) is 19.4 Å². The number of methoxy groups -OCH3 is 1. The van der Waals surface area contributed by atoms with Crippen LogP contribution in [0.25, 0.3) is 0 Å². The Balaban J connectivity index is 2.11. The molecule has 1 unspecified atom stereocenters. The predicted octanol–water partition coefficient (Wildman–Crippen LogP) is -0.271. The van der Waals surface area contributed by atoms with Crippen molar-refractivity contribution in [2.45, 2.75) is 24.9 Å². The molecule has 78 valence electrons. The quantitative estimate of drug-likeness (QED) is 0.577. The summed E-state index contributed by atoms with van der Waals surface area (Å²) in [5.74, 6) is 0. The van der Waals surface area contributed by atoms with Gasteiger partial charge in [-0.15, -0.1) is 0 Å². The molecule has 13 heavy (non-hydrogen) atoms. The molecule has 0 aromatic heterocycles. The van der Waals surface area contributed by atoms with Gasteiger partial charge < -0.3 is 20.5 Å². The molecule has 1 heterocycles. The average molecular weight is 188 g/mol. The van der Waals surface area contributed by atoms with Crippen LogP contribution < -0.4 is 11.1 Å². The Morgan fingerprint density at radius 3 is 2.85 bits per heavy atom. The molecule has 3 N–H and O–H groups in total. The molecule has 0 saturated carbocycles. The second-order valence-corrected chi connectivity index (χ2v) is 3.48. The summed E-state index contributed by atoms with van der Waals surface area (Å²) in [5.41, 5.74) is 5.46. The van der Waals surface area contributed by atoms with Crippen LogP contribution in [0.3, 0.4) is 0 Å². The van der Waals surface area contributed by atoms with E-state index in [1.807, 2.05) is 0 Å². The van der Waals surface area contributed by atoms with Gasteiger partial charge in [-0.3, -0.25) is 0 Å². The van der Waals surface area contributed by atoms with E-state index in [-0.39, 0.29) is 0 Å². The molecule has 4 heteroatoms. The Hall–Kier alpha value is -0.160. The molecule has 1 aliphatic heterocycles. The molecule has 1 aliphatic rings. The maximum atomic E-state index is 5.46. The van der Waals surface area contributed by atoms with Gasteiger partial charge in [0.15, 0.2) is 0 Å². The summed E-state index contributed by atoms with van der Waals surface area (Å²) in [7, 11) is 1.73. The number of hydrogen-bond acceptors (Lipinski definition) is 4. The van der Waals surface area contributed by atoms with Crippen LogP contribution in [0.1, 0.15) is 12.8 Å².